The minimum atomic E-state index is -0.171. The maximum absolute atomic E-state index is 4.94. The number of hydrogen-bond donors (Lipinski definition) is 1. The molecule has 6 nitrogen and oxygen atoms in total. The summed E-state index contributed by atoms with van der Waals surface area (Å²) in [5, 5.41) is 22.2. The van der Waals surface area contributed by atoms with Crippen molar-refractivity contribution >= 4 is 17.5 Å². The van der Waals surface area contributed by atoms with Gasteiger partial charge in [0.25, 0.3) is 0 Å². The Morgan fingerprint density at radius 1 is 1.12 bits per heavy atom. The number of thioether (sulfide) groups is 1. The fraction of sp³-hybridized carbons (Fsp3) is 0.333. The molecule has 0 amide bonds. The number of fused-ring (bicyclic) bond motifs is 2. The molecule has 2 aliphatic rings. The van der Waals surface area contributed by atoms with E-state index in [1.54, 1.807) is 11.8 Å². The summed E-state index contributed by atoms with van der Waals surface area (Å²) in [5.74, 6) is 0.728. The molecule has 7 heteroatoms. The van der Waals surface area contributed by atoms with Crippen LogP contribution in [0.2, 0.25) is 0 Å². The van der Waals surface area contributed by atoms with Crippen LogP contribution in [0.15, 0.2) is 40.6 Å². The molecule has 0 radical (unpaired) electrons. The van der Waals surface area contributed by atoms with Gasteiger partial charge in [0.1, 0.15) is 5.69 Å². The van der Waals surface area contributed by atoms with Crippen LogP contribution in [0.1, 0.15) is 37.1 Å². The first-order valence-electron chi connectivity index (χ1n) is 8.49. The topological polar surface area (TPSA) is 71.8 Å². The van der Waals surface area contributed by atoms with Crippen molar-refractivity contribution in [2.75, 3.05) is 0 Å². The van der Waals surface area contributed by atoms with Gasteiger partial charge in [-0.2, -0.15) is 14.9 Å². The van der Waals surface area contributed by atoms with Gasteiger partial charge in [-0.25, -0.2) is 0 Å². The molecule has 1 aliphatic carbocycles. The Morgan fingerprint density at radius 3 is 2.80 bits per heavy atom. The van der Waals surface area contributed by atoms with E-state index in [1.165, 1.54) is 11.3 Å². The molecule has 1 N–H and O–H groups in total. The Hall–Kier alpha value is -2.41. The maximum atomic E-state index is 4.94. The highest BCUT2D eigenvalue weighted by atomic mass is 32.2. The fourth-order valence-electron chi connectivity index (χ4n) is 3.57. The van der Waals surface area contributed by atoms with Crippen LogP contribution in [0, 0.1) is 0 Å². The summed E-state index contributed by atoms with van der Waals surface area (Å²) in [6, 6.07) is 10.3. The van der Waals surface area contributed by atoms with Gasteiger partial charge in [-0.3, -0.25) is 5.10 Å². The van der Waals surface area contributed by atoms with Gasteiger partial charge in [-0.05, 0) is 38.7 Å². The summed E-state index contributed by atoms with van der Waals surface area (Å²) >= 11 is 1.69. The van der Waals surface area contributed by atoms with Crippen molar-refractivity contribution in [3.05, 3.63) is 47.2 Å². The monoisotopic (exact) mass is 350 g/mol. The van der Waals surface area contributed by atoms with Crippen LogP contribution in [-0.2, 0) is 12.8 Å². The van der Waals surface area contributed by atoms with Crippen LogP contribution in [0.5, 0.6) is 0 Å². The van der Waals surface area contributed by atoms with E-state index in [-0.39, 0.29) is 4.75 Å². The lowest BCUT2D eigenvalue weighted by Crippen LogP contribution is -2.33. The Morgan fingerprint density at radius 2 is 1.96 bits per heavy atom. The highest BCUT2D eigenvalue weighted by molar-refractivity contribution is 8.01. The van der Waals surface area contributed by atoms with E-state index in [1.807, 2.05) is 22.9 Å². The van der Waals surface area contributed by atoms with Crippen molar-refractivity contribution in [3.63, 3.8) is 0 Å². The predicted molar refractivity (Wildman–Crippen MR) is 97.9 cm³/mol. The van der Waals surface area contributed by atoms with Crippen LogP contribution >= 0.6 is 11.8 Å². The number of nitrogens with zero attached hydrogens (tertiary/aromatic N) is 5. The van der Waals surface area contributed by atoms with Gasteiger partial charge in [0.2, 0.25) is 11.0 Å². The van der Waals surface area contributed by atoms with Gasteiger partial charge in [-0.15, -0.1) is 10.2 Å². The van der Waals surface area contributed by atoms with Crippen LogP contribution < -0.4 is 0 Å². The molecule has 3 aromatic rings. The first kappa shape index (κ1) is 14.9. The standard InChI is InChI=1S/C18H18N6S/c1-18(2)15(11-7-4-3-5-8-11)23-24-16(21-22-17(24)25-18)14-12-9-6-10-13(12)19-20-14/h3-5,7-8H,6,9-10H2,1-2H3,(H,19,20). The third-order valence-corrected chi connectivity index (χ3v) is 5.93. The maximum Gasteiger partial charge on any atom is 0.213 e. The van der Waals surface area contributed by atoms with E-state index in [4.69, 9.17) is 5.10 Å². The largest absolute Gasteiger partial charge is 0.282 e. The number of nitrogens with one attached hydrogen (secondary N) is 1. The minimum Gasteiger partial charge on any atom is -0.282 e. The molecule has 3 heterocycles. The van der Waals surface area contributed by atoms with Gasteiger partial charge in [-0.1, -0.05) is 42.1 Å². The minimum absolute atomic E-state index is 0.171. The lowest BCUT2D eigenvalue weighted by Gasteiger charge is -2.29. The normalized spacial score (nSPS) is 17.9. The van der Waals surface area contributed by atoms with Gasteiger partial charge < -0.3 is 0 Å². The summed E-state index contributed by atoms with van der Waals surface area (Å²) in [7, 11) is 0. The lowest BCUT2D eigenvalue weighted by molar-refractivity contribution is 0.726. The summed E-state index contributed by atoms with van der Waals surface area (Å²) in [4.78, 5) is 0. The van der Waals surface area contributed by atoms with Gasteiger partial charge in [0.05, 0.1) is 10.5 Å². The summed E-state index contributed by atoms with van der Waals surface area (Å²) in [5.41, 5.74) is 5.53. The predicted octanol–water partition coefficient (Wildman–Crippen LogP) is 3.29. The Balaban J connectivity index is 1.68. The number of benzene rings is 1. The third-order valence-electron chi connectivity index (χ3n) is 4.79. The zero-order valence-corrected chi connectivity index (χ0v) is 15.0. The number of hydrogen-bond acceptors (Lipinski definition) is 5. The van der Waals surface area contributed by atoms with Crippen molar-refractivity contribution in [3.8, 4) is 11.5 Å². The molecule has 0 fully saturated rings. The molecule has 0 saturated heterocycles. The summed E-state index contributed by atoms with van der Waals surface area (Å²) in [6.07, 6.45) is 3.26. The quantitative estimate of drug-likeness (QED) is 0.770. The smallest absolute Gasteiger partial charge is 0.213 e. The second-order valence-corrected chi connectivity index (χ2v) is 8.52. The van der Waals surface area contributed by atoms with E-state index in [9.17, 15) is 0 Å². The molecule has 1 aliphatic heterocycles. The zero-order valence-electron chi connectivity index (χ0n) is 14.2. The van der Waals surface area contributed by atoms with Crippen LogP contribution in [0.4, 0.5) is 0 Å². The SMILES string of the molecule is CC1(C)Sc2nnc(-c3n[nH]c4c3CCC4)n2N=C1c1ccccc1. The van der Waals surface area contributed by atoms with Gasteiger partial charge >= 0.3 is 0 Å². The Kier molecular flexibility index (Phi) is 3.15. The Bertz CT molecular complexity index is 982. The zero-order chi connectivity index (χ0) is 17.0. The van der Waals surface area contributed by atoms with E-state index in [0.29, 0.717) is 0 Å². The molecule has 1 aromatic carbocycles. The molecular weight excluding hydrogens is 332 g/mol. The highest BCUT2D eigenvalue weighted by Gasteiger charge is 2.36. The average Bonchev–Trinajstić information content (AvgIpc) is 3.29. The van der Waals surface area contributed by atoms with Crippen molar-refractivity contribution in [2.45, 2.75) is 43.0 Å². The first-order valence-corrected chi connectivity index (χ1v) is 9.31. The third kappa shape index (κ3) is 2.26. The van der Waals surface area contributed by atoms with E-state index in [2.05, 4.69) is 46.4 Å². The molecule has 0 spiro atoms. The van der Waals surface area contributed by atoms with Crippen molar-refractivity contribution in [1.82, 2.24) is 25.1 Å². The molecular formula is C18H18N6S. The van der Waals surface area contributed by atoms with E-state index in [0.717, 1.165) is 47.2 Å². The number of H-pyrrole nitrogens is 1. The van der Waals surface area contributed by atoms with E-state index >= 15 is 0 Å². The Labute approximate surface area is 149 Å². The fourth-order valence-corrected chi connectivity index (χ4v) is 4.58. The molecule has 126 valence electrons. The van der Waals surface area contributed by atoms with Crippen LogP contribution in [0.3, 0.4) is 0 Å². The molecule has 0 atom stereocenters. The molecule has 5 rings (SSSR count). The number of rotatable bonds is 2. The van der Waals surface area contributed by atoms with Crippen molar-refractivity contribution in [2.24, 2.45) is 5.10 Å². The molecule has 0 unspecified atom stereocenters. The summed E-state index contributed by atoms with van der Waals surface area (Å²) in [6.45, 7) is 4.35. The van der Waals surface area contributed by atoms with Crippen LogP contribution in [0.25, 0.3) is 11.5 Å². The van der Waals surface area contributed by atoms with Gasteiger partial charge in [0, 0.05) is 11.3 Å². The summed E-state index contributed by atoms with van der Waals surface area (Å²) < 4.78 is 1.68. The lowest BCUT2D eigenvalue weighted by atomic mass is 9.99. The molecule has 2 aromatic heterocycles. The molecule has 25 heavy (non-hydrogen) atoms. The number of aromatic nitrogens is 5. The van der Waals surface area contributed by atoms with Gasteiger partial charge in [0.15, 0.2) is 0 Å². The average molecular weight is 350 g/mol. The second-order valence-electron chi connectivity index (χ2n) is 6.93. The highest BCUT2D eigenvalue weighted by Crippen LogP contribution is 2.40. The molecule has 0 saturated carbocycles. The number of aromatic amines is 1. The van der Waals surface area contributed by atoms with E-state index < -0.39 is 0 Å². The first-order chi connectivity index (χ1) is 12.1. The molecule has 0 bridgehead atoms. The van der Waals surface area contributed by atoms with Crippen molar-refractivity contribution < 1.29 is 0 Å². The number of aryl methyl sites for hydroxylation is 1. The van der Waals surface area contributed by atoms with Crippen LogP contribution in [-0.4, -0.2) is 35.5 Å². The van der Waals surface area contributed by atoms with Crippen molar-refractivity contribution in [1.29, 1.82) is 0 Å². The second kappa shape index (κ2) is 5.29.